The molecular formula is C16H27Cl2N3O2S. The fraction of sp³-hybridized carbons (Fsp3) is 0.750. The summed E-state index contributed by atoms with van der Waals surface area (Å²) in [4.78, 5) is 16.7. The van der Waals surface area contributed by atoms with Gasteiger partial charge in [0.15, 0.2) is 0 Å². The highest BCUT2D eigenvalue weighted by Gasteiger charge is 2.27. The molecule has 0 aromatic carbocycles. The molecule has 1 aromatic rings. The fourth-order valence-corrected chi connectivity index (χ4v) is 4.24. The van der Waals surface area contributed by atoms with Gasteiger partial charge in [-0.2, -0.15) is 0 Å². The number of aromatic nitrogens is 1. The Labute approximate surface area is 159 Å². The summed E-state index contributed by atoms with van der Waals surface area (Å²) in [6, 6.07) is -0.246. The van der Waals surface area contributed by atoms with Gasteiger partial charge in [0.25, 0.3) is 0 Å². The van der Waals surface area contributed by atoms with E-state index in [9.17, 15) is 9.90 Å². The van der Waals surface area contributed by atoms with Crippen molar-refractivity contribution in [1.82, 2.24) is 15.6 Å². The van der Waals surface area contributed by atoms with Crippen LogP contribution < -0.4 is 10.6 Å². The highest BCUT2D eigenvalue weighted by molar-refractivity contribution is 7.09. The van der Waals surface area contributed by atoms with Gasteiger partial charge in [0.1, 0.15) is 0 Å². The van der Waals surface area contributed by atoms with Crippen molar-refractivity contribution >= 4 is 42.1 Å². The van der Waals surface area contributed by atoms with Gasteiger partial charge in [-0.05, 0) is 19.3 Å². The first kappa shape index (κ1) is 21.6. The predicted molar refractivity (Wildman–Crippen MR) is 102 cm³/mol. The zero-order chi connectivity index (χ0) is 15.4. The molecule has 2 atom stereocenters. The van der Waals surface area contributed by atoms with Crippen LogP contribution in [0.15, 0.2) is 5.38 Å². The molecule has 138 valence electrons. The number of amides is 1. The summed E-state index contributed by atoms with van der Waals surface area (Å²) in [6.07, 6.45) is 7.47. The number of thiazole rings is 1. The predicted octanol–water partition coefficient (Wildman–Crippen LogP) is 2.42. The summed E-state index contributed by atoms with van der Waals surface area (Å²) in [6.45, 7) is 1.13. The molecular weight excluding hydrogens is 369 g/mol. The average molecular weight is 396 g/mol. The molecule has 3 N–H and O–H groups in total. The molecule has 3 rings (SSSR count). The standard InChI is InChI=1S/C16H25N3O2S.2ClH/c20-12-8-13(18-9-12)16(21)17-7-6-15-19-14(10-22-15)11-4-2-1-3-5-11;;/h10-13,18,20H,1-9H2,(H,17,21);2*1H. The summed E-state index contributed by atoms with van der Waals surface area (Å²) in [5, 5.41) is 18.7. The second-order valence-electron chi connectivity index (χ2n) is 6.39. The number of nitrogens with zero attached hydrogens (tertiary/aromatic N) is 1. The number of hydrogen-bond acceptors (Lipinski definition) is 5. The van der Waals surface area contributed by atoms with Crippen molar-refractivity contribution in [2.24, 2.45) is 0 Å². The lowest BCUT2D eigenvalue weighted by atomic mass is 9.87. The van der Waals surface area contributed by atoms with Crippen LogP contribution in [0.25, 0.3) is 0 Å². The zero-order valence-corrected chi connectivity index (χ0v) is 16.2. The Morgan fingerprint density at radius 1 is 1.33 bits per heavy atom. The number of aliphatic hydroxyl groups excluding tert-OH is 1. The largest absolute Gasteiger partial charge is 0.392 e. The molecule has 5 nitrogen and oxygen atoms in total. The number of carbonyl (C=O) groups is 1. The molecule has 2 heterocycles. The number of aliphatic hydroxyl groups is 1. The van der Waals surface area contributed by atoms with Crippen LogP contribution in [0.3, 0.4) is 0 Å². The number of hydrogen-bond donors (Lipinski definition) is 3. The van der Waals surface area contributed by atoms with Gasteiger partial charge in [-0.25, -0.2) is 4.98 Å². The van der Waals surface area contributed by atoms with Crippen LogP contribution in [0.1, 0.15) is 55.1 Å². The third-order valence-electron chi connectivity index (χ3n) is 4.66. The molecule has 1 aliphatic heterocycles. The minimum Gasteiger partial charge on any atom is -0.392 e. The molecule has 0 radical (unpaired) electrons. The minimum atomic E-state index is -0.396. The third-order valence-corrected chi connectivity index (χ3v) is 5.58. The molecule has 0 bridgehead atoms. The van der Waals surface area contributed by atoms with Gasteiger partial charge in [-0.1, -0.05) is 19.3 Å². The third kappa shape index (κ3) is 5.85. The van der Waals surface area contributed by atoms with E-state index in [1.165, 1.54) is 37.8 Å². The molecule has 1 aliphatic carbocycles. The number of rotatable bonds is 5. The maximum Gasteiger partial charge on any atom is 0.237 e. The second kappa shape index (κ2) is 10.6. The van der Waals surface area contributed by atoms with E-state index < -0.39 is 6.10 Å². The summed E-state index contributed by atoms with van der Waals surface area (Å²) >= 11 is 1.71. The highest BCUT2D eigenvalue weighted by atomic mass is 35.5. The normalized spacial score (nSPS) is 24.0. The van der Waals surface area contributed by atoms with Crippen molar-refractivity contribution in [3.8, 4) is 0 Å². The molecule has 2 unspecified atom stereocenters. The first-order valence-corrected chi connectivity index (χ1v) is 9.24. The van der Waals surface area contributed by atoms with E-state index >= 15 is 0 Å². The monoisotopic (exact) mass is 395 g/mol. The summed E-state index contributed by atoms with van der Waals surface area (Å²) < 4.78 is 0. The Kier molecular flexibility index (Phi) is 9.52. The van der Waals surface area contributed by atoms with E-state index in [0.717, 1.165) is 11.4 Å². The average Bonchev–Trinajstić information content (AvgIpc) is 3.17. The van der Waals surface area contributed by atoms with Gasteiger partial charge in [0, 0.05) is 30.8 Å². The molecule has 0 spiro atoms. The van der Waals surface area contributed by atoms with Crippen molar-refractivity contribution in [3.05, 3.63) is 16.1 Å². The lowest BCUT2D eigenvalue weighted by Gasteiger charge is -2.19. The summed E-state index contributed by atoms with van der Waals surface area (Å²) in [5.41, 5.74) is 1.26. The molecule has 1 saturated carbocycles. The van der Waals surface area contributed by atoms with Crippen molar-refractivity contribution < 1.29 is 9.90 Å². The van der Waals surface area contributed by atoms with Crippen LogP contribution in [0.2, 0.25) is 0 Å². The molecule has 1 amide bonds. The van der Waals surface area contributed by atoms with Crippen molar-refractivity contribution in [2.45, 2.75) is 63.0 Å². The van der Waals surface area contributed by atoms with Crippen molar-refractivity contribution in [3.63, 3.8) is 0 Å². The first-order valence-electron chi connectivity index (χ1n) is 8.36. The van der Waals surface area contributed by atoms with Crippen LogP contribution in [0, 0.1) is 0 Å². The molecule has 2 aliphatic rings. The maximum absolute atomic E-state index is 11.9. The Morgan fingerprint density at radius 2 is 2.08 bits per heavy atom. The van der Waals surface area contributed by atoms with E-state index in [-0.39, 0.29) is 36.8 Å². The molecule has 1 saturated heterocycles. The Hall–Kier alpha value is -0.400. The molecule has 8 heteroatoms. The Morgan fingerprint density at radius 3 is 2.75 bits per heavy atom. The molecule has 24 heavy (non-hydrogen) atoms. The van der Waals surface area contributed by atoms with Crippen LogP contribution in [0.5, 0.6) is 0 Å². The zero-order valence-electron chi connectivity index (χ0n) is 13.7. The van der Waals surface area contributed by atoms with Crippen molar-refractivity contribution in [1.29, 1.82) is 0 Å². The number of carbonyl (C=O) groups excluding carboxylic acids is 1. The van der Waals surface area contributed by atoms with Gasteiger partial charge in [0.05, 0.1) is 22.8 Å². The van der Waals surface area contributed by atoms with E-state index in [0.29, 0.717) is 25.4 Å². The van der Waals surface area contributed by atoms with Crippen molar-refractivity contribution in [2.75, 3.05) is 13.1 Å². The summed E-state index contributed by atoms with van der Waals surface area (Å²) in [5.74, 6) is 0.637. The lowest BCUT2D eigenvalue weighted by molar-refractivity contribution is -0.122. The Bertz CT molecular complexity index is 509. The smallest absolute Gasteiger partial charge is 0.237 e. The van der Waals surface area contributed by atoms with Crippen LogP contribution in [-0.4, -0.2) is 41.2 Å². The number of nitrogens with one attached hydrogen (secondary N) is 2. The topological polar surface area (TPSA) is 74.2 Å². The van der Waals surface area contributed by atoms with Gasteiger partial charge >= 0.3 is 0 Å². The minimum absolute atomic E-state index is 0. The van der Waals surface area contributed by atoms with Crippen LogP contribution in [-0.2, 0) is 11.2 Å². The van der Waals surface area contributed by atoms with Crippen LogP contribution >= 0.6 is 36.2 Å². The van der Waals surface area contributed by atoms with E-state index in [4.69, 9.17) is 4.98 Å². The van der Waals surface area contributed by atoms with E-state index in [2.05, 4.69) is 16.0 Å². The fourth-order valence-electron chi connectivity index (χ4n) is 3.36. The lowest BCUT2D eigenvalue weighted by Crippen LogP contribution is -2.41. The molecule has 2 fully saturated rings. The number of β-amino-alcohol motifs (C(OH)–C–C–N with tert-alkyl or cyclic N) is 1. The second-order valence-corrected chi connectivity index (χ2v) is 7.34. The van der Waals surface area contributed by atoms with E-state index in [1.807, 2.05) is 0 Å². The highest BCUT2D eigenvalue weighted by Crippen LogP contribution is 2.33. The number of halogens is 2. The SMILES string of the molecule is Cl.Cl.O=C(NCCc1nc(C2CCCCC2)cs1)C1CC(O)CN1. The van der Waals surface area contributed by atoms with E-state index in [1.54, 1.807) is 11.3 Å². The maximum atomic E-state index is 11.9. The quantitative estimate of drug-likeness (QED) is 0.715. The van der Waals surface area contributed by atoms with Gasteiger partial charge in [-0.3, -0.25) is 4.79 Å². The first-order chi connectivity index (χ1) is 10.7. The van der Waals surface area contributed by atoms with Gasteiger partial charge in [-0.15, -0.1) is 36.2 Å². The molecule has 1 aromatic heterocycles. The van der Waals surface area contributed by atoms with Gasteiger partial charge in [0.2, 0.25) is 5.91 Å². The van der Waals surface area contributed by atoms with Crippen LogP contribution in [0.4, 0.5) is 0 Å². The summed E-state index contributed by atoms with van der Waals surface area (Å²) in [7, 11) is 0. The van der Waals surface area contributed by atoms with Gasteiger partial charge < -0.3 is 15.7 Å². The Balaban J connectivity index is 0.00000144.